The molecule has 0 aliphatic heterocycles. The van der Waals surface area contributed by atoms with Crippen LogP contribution in [0.15, 0.2) is 18.2 Å². The average molecular weight is 326 g/mol. The Balaban J connectivity index is 2.58. The first kappa shape index (κ1) is 17.3. The van der Waals surface area contributed by atoms with Crippen LogP contribution in [-0.2, 0) is 9.53 Å². The zero-order valence-electron chi connectivity index (χ0n) is 10.5. The zero-order chi connectivity index (χ0) is 16.0. The van der Waals surface area contributed by atoms with E-state index in [2.05, 4.69) is 10.1 Å². The molecule has 0 spiro atoms. The highest BCUT2D eigenvalue weighted by molar-refractivity contribution is 6.34. The summed E-state index contributed by atoms with van der Waals surface area (Å²) in [5, 5.41) is 11.2. The van der Waals surface area contributed by atoms with Gasteiger partial charge in [-0.3, -0.25) is 4.79 Å². The van der Waals surface area contributed by atoms with E-state index in [1.54, 1.807) is 0 Å². The Morgan fingerprint density at radius 1 is 1.33 bits per heavy atom. The van der Waals surface area contributed by atoms with Gasteiger partial charge >= 0.3 is 12.1 Å². The summed E-state index contributed by atoms with van der Waals surface area (Å²) >= 11 is 5.78. The van der Waals surface area contributed by atoms with Crippen molar-refractivity contribution in [1.29, 1.82) is 0 Å². The SMILES string of the molecule is O=C(CCOCC(F)(F)F)Nc1c(Cl)cccc1C(=O)O. The molecular weight excluding hydrogens is 315 g/mol. The molecule has 1 rings (SSSR count). The highest BCUT2D eigenvalue weighted by Gasteiger charge is 2.27. The number of nitrogens with one attached hydrogen (secondary N) is 1. The molecule has 0 aromatic heterocycles. The van der Waals surface area contributed by atoms with Gasteiger partial charge in [-0.25, -0.2) is 4.79 Å². The fraction of sp³-hybridized carbons (Fsp3) is 0.333. The summed E-state index contributed by atoms with van der Waals surface area (Å²) in [6, 6.07) is 4.02. The molecule has 0 aliphatic rings. The van der Waals surface area contributed by atoms with Gasteiger partial charge in [0.25, 0.3) is 0 Å². The lowest BCUT2D eigenvalue weighted by molar-refractivity contribution is -0.174. The number of alkyl halides is 3. The molecule has 2 N–H and O–H groups in total. The van der Waals surface area contributed by atoms with Gasteiger partial charge in [0.15, 0.2) is 0 Å². The van der Waals surface area contributed by atoms with E-state index in [9.17, 15) is 22.8 Å². The van der Waals surface area contributed by atoms with E-state index in [-0.39, 0.29) is 22.7 Å². The third-order valence-electron chi connectivity index (χ3n) is 2.25. The van der Waals surface area contributed by atoms with E-state index in [0.29, 0.717) is 0 Å². The lowest BCUT2D eigenvalue weighted by atomic mass is 10.1. The first-order valence-corrected chi connectivity index (χ1v) is 6.04. The van der Waals surface area contributed by atoms with Gasteiger partial charge in [0.2, 0.25) is 5.91 Å². The lowest BCUT2D eigenvalue weighted by Gasteiger charge is -2.11. The Morgan fingerprint density at radius 2 is 2.00 bits per heavy atom. The van der Waals surface area contributed by atoms with E-state index in [4.69, 9.17) is 16.7 Å². The molecule has 0 heterocycles. The van der Waals surface area contributed by atoms with Crippen molar-refractivity contribution in [2.24, 2.45) is 0 Å². The number of anilines is 1. The Labute approximate surface area is 122 Å². The van der Waals surface area contributed by atoms with Crippen molar-refractivity contribution in [3.05, 3.63) is 28.8 Å². The topological polar surface area (TPSA) is 75.6 Å². The summed E-state index contributed by atoms with van der Waals surface area (Å²) in [5.41, 5.74) is -0.320. The van der Waals surface area contributed by atoms with Crippen LogP contribution in [0.2, 0.25) is 5.02 Å². The maximum absolute atomic E-state index is 11.8. The molecule has 21 heavy (non-hydrogen) atoms. The predicted octanol–water partition coefficient (Wildman–Crippen LogP) is 2.95. The molecule has 5 nitrogen and oxygen atoms in total. The largest absolute Gasteiger partial charge is 0.478 e. The first-order valence-electron chi connectivity index (χ1n) is 5.67. The first-order chi connectivity index (χ1) is 9.70. The molecule has 0 unspecified atom stereocenters. The number of benzene rings is 1. The molecule has 0 aliphatic carbocycles. The van der Waals surface area contributed by atoms with Crippen LogP contribution >= 0.6 is 11.6 Å². The number of ether oxygens (including phenoxy) is 1. The molecule has 0 atom stereocenters. The summed E-state index contributed by atoms with van der Waals surface area (Å²) in [6.45, 7) is -1.90. The molecule has 1 aromatic carbocycles. The highest BCUT2D eigenvalue weighted by Crippen LogP contribution is 2.26. The Bertz CT molecular complexity index is 534. The second-order valence-electron chi connectivity index (χ2n) is 3.93. The average Bonchev–Trinajstić information content (AvgIpc) is 2.35. The normalized spacial score (nSPS) is 11.2. The quantitative estimate of drug-likeness (QED) is 0.788. The highest BCUT2D eigenvalue weighted by atomic mass is 35.5. The summed E-state index contributed by atoms with van der Waals surface area (Å²) in [5.74, 6) is -1.99. The van der Waals surface area contributed by atoms with Gasteiger partial charge in [-0.2, -0.15) is 13.2 Å². The molecule has 0 saturated heterocycles. The maximum atomic E-state index is 11.8. The summed E-state index contributed by atoms with van der Waals surface area (Å²) in [6.07, 6.45) is -4.82. The smallest absolute Gasteiger partial charge is 0.411 e. The molecular formula is C12H11ClF3NO4. The van der Waals surface area contributed by atoms with Gasteiger partial charge in [0, 0.05) is 0 Å². The monoisotopic (exact) mass is 325 g/mol. The zero-order valence-corrected chi connectivity index (χ0v) is 11.3. The minimum absolute atomic E-state index is 0.0134. The van der Waals surface area contributed by atoms with Crippen LogP contribution in [0.25, 0.3) is 0 Å². The van der Waals surface area contributed by atoms with Crippen LogP contribution in [0.1, 0.15) is 16.8 Å². The Morgan fingerprint density at radius 3 is 2.57 bits per heavy atom. The van der Waals surface area contributed by atoms with Gasteiger partial charge in [-0.15, -0.1) is 0 Å². The molecule has 1 amide bonds. The summed E-state index contributed by atoms with van der Waals surface area (Å²) < 4.78 is 39.7. The van der Waals surface area contributed by atoms with E-state index in [0.717, 1.165) is 0 Å². The minimum atomic E-state index is -4.46. The van der Waals surface area contributed by atoms with Crippen LogP contribution in [0.5, 0.6) is 0 Å². The number of aromatic carboxylic acids is 1. The maximum Gasteiger partial charge on any atom is 0.411 e. The molecule has 0 fully saturated rings. The van der Waals surface area contributed by atoms with Crippen molar-refractivity contribution in [3.63, 3.8) is 0 Å². The van der Waals surface area contributed by atoms with Gasteiger partial charge in [-0.1, -0.05) is 17.7 Å². The van der Waals surface area contributed by atoms with E-state index in [1.807, 2.05) is 0 Å². The number of para-hydroxylation sites is 1. The number of hydrogen-bond donors (Lipinski definition) is 2. The summed E-state index contributed by atoms with van der Waals surface area (Å²) in [4.78, 5) is 22.5. The molecule has 116 valence electrons. The molecule has 1 aromatic rings. The van der Waals surface area contributed by atoms with Crippen molar-refractivity contribution in [2.45, 2.75) is 12.6 Å². The number of amides is 1. The van der Waals surface area contributed by atoms with Crippen LogP contribution in [-0.4, -0.2) is 36.4 Å². The van der Waals surface area contributed by atoms with E-state index in [1.165, 1.54) is 18.2 Å². The van der Waals surface area contributed by atoms with Crippen molar-refractivity contribution in [2.75, 3.05) is 18.5 Å². The number of carbonyl (C=O) groups excluding carboxylic acids is 1. The molecule has 0 radical (unpaired) electrons. The molecule has 0 saturated carbocycles. The summed E-state index contributed by atoms with van der Waals surface area (Å²) in [7, 11) is 0. The van der Waals surface area contributed by atoms with Gasteiger partial charge < -0.3 is 15.2 Å². The number of carboxylic acid groups (broad SMARTS) is 1. The third-order valence-corrected chi connectivity index (χ3v) is 2.56. The molecule has 9 heteroatoms. The van der Waals surface area contributed by atoms with Gasteiger partial charge in [0.05, 0.1) is 29.3 Å². The van der Waals surface area contributed by atoms with Crippen molar-refractivity contribution < 1.29 is 32.6 Å². The van der Waals surface area contributed by atoms with E-state index >= 15 is 0 Å². The third kappa shape index (κ3) is 6.01. The van der Waals surface area contributed by atoms with Gasteiger partial charge in [0.1, 0.15) is 6.61 Å². The van der Waals surface area contributed by atoms with Crippen molar-refractivity contribution >= 4 is 29.2 Å². The molecule has 0 bridgehead atoms. The van der Waals surface area contributed by atoms with Crippen LogP contribution in [0, 0.1) is 0 Å². The number of halogens is 4. The fourth-order valence-corrected chi connectivity index (χ4v) is 1.61. The van der Waals surface area contributed by atoms with Gasteiger partial charge in [-0.05, 0) is 12.1 Å². The number of carboxylic acids is 1. The van der Waals surface area contributed by atoms with Crippen LogP contribution in [0.4, 0.5) is 18.9 Å². The second kappa shape index (κ2) is 7.28. The Kier molecular flexibility index (Phi) is 5.98. The minimum Gasteiger partial charge on any atom is -0.478 e. The number of hydrogen-bond acceptors (Lipinski definition) is 3. The van der Waals surface area contributed by atoms with Crippen LogP contribution < -0.4 is 5.32 Å². The number of carbonyl (C=O) groups is 2. The van der Waals surface area contributed by atoms with Crippen LogP contribution in [0.3, 0.4) is 0 Å². The standard InChI is InChI=1S/C12H11ClF3NO4/c13-8-3-1-2-7(11(19)20)10(8)17-9(18)4-5-21-6-12(14,15)16/h1-3H,4-6H2,(H,17,18)(H,19,20). The second-order valence-corrected chi connectivity index (χ2v) is 4.34. The van der Waals surface area contributed by atoms with Crippen molar-refractivity contribution in [1.82, 2.24) is 0 Å². The van der Waals surface area contributed by atoms with E-state index < -0.39 is 31.3 Å². The lowest BCUT2D eigenvalue weighted by Crippen LogP contribution is -2.21. The number of rotatable bonds is 6. The van der Waals surface area contributed by atoms with Crippen molar-refractivity contribution in [3.8, 4) is 0 Å². The fourth-order valence-electron chi connectivity index (χ4n) is 1.38. The predicted molar refractivity (Wildman–Crippen MR) is 68.5 cm³/mol. The Hall–Kier alpha value is -1.80.